The molecule has 2 rings (SSSR count). The molecule has 0 saturated carbocycles. The van der Waals surface area contributed by atoms with E-state index < -0.39 is 5.60 Å². The van der Waals surface area contributed by atoms with Crippen molar-refractivity contribution in [3.63, 3.8) is 0 Å². The molecule has 5 heteroatoms. The van der Waals surface area contributed by atoms with Gasteiger partial charge in [0.1, 0.15) is 5.60 Å². The number of aryl methyl sites for hydroxylation is 1. The molecule has 122 valence electrons. The maximum Gasteiger partial charge on any atom is 0.410 e. The van der Waals surface area contributed by atoms with Crippen molar-refractivity contribution in [3.8, 4) is 0 Å². The second kappa shape index (κ2) is 7.09. The number of likely N-dealkylation sites (tertiary alicyclic amines) is 1. The molecule has 1 N–H and O–H groups in total. The van der Waals surface area contributed by atoms with Crippen LogP contribution in [0.3, 0.4) is 0 Å². The summed E-state index contributed by atoms with van der Waals surface area (Å²) < 4.78 is 5.45. The number of nitrogens with zero attached hydrogens (tertiary/aromatic N) is 2. The lowest BCUT2D eigenvalue weighted by Crippen LogP contribution is -2.49. The Hall–Kier alpha value is -1.62. The van der Waals surface area contributed by atoms with Crippen LogP contribution in [-0.2, 0) is 11.3 Å². The van der Waals surface area contributed by atoms with E-state index in [4.69, 9.17) is 4.74 Å². The van der Waals surface area contributed by atoms with E-state index in [2.05, 4.69) is 16.4 Å². The van der Waals surface area contributed by atoms with E-state index in [0.29, 0.717) is 12.6 Å². The molecular formula is C17H27N3O2. The molecule has 1 aromatic heterocycles. The van der Waals surface area contributed by atoms with Crippen LogP contribution in [0.1, 0.15) is 44.9 Å². The Labute approximate surface area is 133 Å². The molecule has 1 fully saturated rings. The predicted molar refractivity (Wildman–Crippen MR) is 86.6 cm³/mol. The summed E-state index contributed by atoms with van der Waals surface area (Å²) in [6.45, 7) is 9.98. The van der Waals surface area contributed by atoms with E-state index in [0.717, 1.165) is 31.6 Å². The molecule has 1 amide bonds. The van der Waals surface area contributed by atoms with Crippen LogP contribution in [0, 0.1) is 6.92 Å². The molecule has 1 aliphatic rings. The third-order valence-electron chi connectivity index (χ3n) is 3.63. The summed E-state index contributed by atoms with van der Waals surface area (Å²) in [5.41, 5.74) is 1.81. The van der Waals surface area contributed by atoms with Crippen molar-refractivity contribution in [2.45, 2.75) is 58.7 Å². The van der Waals surface area contributed by atoms with E-state index >= 15 is 0 Å². The quantitative estimate of drug-likeness (QED) is 0.933. The van der Waals surface area contributed by atoms with E-state index in [1.807, 2.05) is 44.9 Å². The number of carbonyl (C=O) groups is 1. The first-order valence-corrected chi connectivity index (χ1v) is 7.96. The highest BCUT2D eigenvalue weighted by Crippen LogP contribution is 2.15. The van der Waals surface area contributed by atoms with Gasteiger partial charge in [-0.05, 0) is 58.2 Å². The Kier molecular flexibility index (Phi) is 5.40. The molecule has 2 heterocycles. The number of carbonyl (C=O) groups excluding carboxylic acids is 1. The van der Waals surface area contributed by atoms with E-state index in [1.165, 1.54) is 5.56 Å². The van der Waals surface area contributed by atoms with Crippen molar-refractivity contribution in [2.75, 3.05) is 13.1 Å². The minimum absolute atomic E-state index is 0.209. The third kappa shape index (κ3) is 5.30. The Morgan fingerprint density at radius 2 is 2.27 bits per heavy atom. The fraction of sp³-hybridized carbons (Fsp3) is 0.647. The van der Waals surface area contributed by atoms with Gasteiger partial charge in [-0.1, -0.05) is 0 Å². The van der Waals surface area contributed by atoms with Crippen LogP contribution in [0.5, 0.6) is 0 Å². The molecule has 0 bridgehead atoms. The van der Waals surface area contributed by atoms with Crippen molar-refractivity contribution < 1.29 is 9.53 Å². The fourth-order valence-electron chi connectivity index (χ4n) is 2.61. The largest absolute Gasteiger partial charge is 0.444 e. The molecule has 1 saturated heterocycles. The maximum atomic E-state index is 12.1. The monoisotopic (exact) mass is 305 g/mol. The third-order valence-corrected chi connectivity index (χ3v) is 3.63. The molecule has 5 nitrogen and oxygen atoms in total. The van der Waals surface area contributed by atoms with Gasteiger partial charge in [0, 0.05) is 37.6 Å². The van der Waals surface area contributed by atoms with Crippen LogP contribution in [0.15, 0.2) is 18.3 Å². The molecule has 0 spiro atoms. The minimum atomic E-state index is -0.438. The van der Waals surface area contributed by atoms with Gasteiger partial charge >= 0.3 is 6.09 Å². The highest BCUT2D eigenvalue weighted by Gasteiger charge is 2.27. The van der Waals surface area contributed by atoms with Crippen molar-refractivity contribution in [1.29, 1.82) is 0 Å². The summed E-state index contributed by atoms with van der Waals surface area (Å²) in [6.07, 6.45) is 3.72. The predicted octanol–water partition coefficient (Wildman–Crippen LogP) is 2.88. The molecule has 0 aliphatic carbocycles. The van der Waals surface area contributed by atoms with Gasteiger partial charge in [0.25, 0.3) is 0 Å². The number of amides is 1. The molecule has 1 atom stereocenters. The lowest BCUT2D eigenvalue weighted by atomic mass is 10.1. The summed E-state index contributed by atoms with van der Waals surface area (Å²) in [7, 11) is 0. The first kappa shape index (κ1) is 16.7. The van der Waals surface area contributed by atoms with Crippen LogP contribution in [0.4, 0.5) is 4.79 Å². The van der Waals surface area contributed by atoms with Crippen molar-refractivity contribution in [2.24, 2.45) is 0 Å². The van der Waals surface area contributed by atoms with Gasteiger partial charge in [-0.2, -0.15) is 0 Å². The average molecular weight is 305 g/mol. The highest BCUT2D eigenvalue weighted by atomic mass is 16.6. The van der Waals surface area contributed by atoms with Gasteiger partial charge in [-0.15, -0.1) is 0 Å². The second-order valence-corrected chi connectivity index (χ2v) is 6.95. The van der Waals surface area contributed by atoms with Crippen LogP contribution < -0.4 is 5.32 Å². The number of hydrogen-bond acceptors (Lipinski definition) is 4. The van der Waals surface area contributed by atoms with Gasteiger partial charge in [0.05, 0.1) is 0 Å². The minimum Gasteiger partial charge on any atom is -0.444 e. The summed E-state index contributed by atoms with van der Waals surface area (Å²) in [5, 5.41) is 3.54. The summed E-state index contributed by atoms with van der Waals surface area (Å²) >= 11 is 0. The smallest absolute Gasteiger partial charge is 0.410 e. The van der Waals surface area contributed by atoms with Crippen molar-refractivity contribution >= 4 is 6.09 Å². The summed E-state index contributed by atoms with van der Waals surface area (Å²) in [6, 6.07) is 4.42. The van der Waals surface area contributed by atoms with Gasteiger partial charge in [-0.25, -0.2) is 4.79 Å². The average Bonchev–Trinajstić information content (AvgIpc) is 2.44. The standard InChI is InChI=1S/C17H27N3O2/c1-13-10-14(7-8-18-13)11-19-15-6-5-9-20(12-15)16(21)22-17(2,3)4/h7-8,10,15,19H,5-6,9,11-12H2,1-4H3. The SMILES string of the molecule is Cc1cc(CNC2CCCN(C(=O)OC(C)(C)C)C2)ccn1. The van der Waals surface area contributed by atoms with E-state index in [-0.39, 0.29) is 6.09 Å². The van der Waals surface area contributed by atoms with Crippen LogP contribution in [0.2, 0.25) is 0 Å². The van der Waals surface area contributed by atoms with Crippen LogP contribution in [-0.4, -0.2) is 40.7 Å². The molecular weight excluding hydrogens is 278 g/mol. The fourth-order valence-corrected chi connectivity index (χ4v) is 2.61. The highest BCUT2D eigenvalue weighted by molar-refractivity contribution is 5.68. The second-order valence-electron chi connectivity index (χ2n) is 6.95. The van der Waals surface area contributed by atoms with Crippen molar-refractivity contribution in [3.05, 3.63) is 29.6 Å². The lowest BCUT2D eigenvalue weighted by molar-refractivity contribution is 0.0187. The Morgan fingerprint density at radius 1 is 1.50 bits per heavy atom. The van der Waals surface area contributed by atoms with E-state index in [1.54, 1.807) is 0 Å². The summed E-state index contributed by atoms with van der Waals surface area (Å²) in [4.78, 5) is 18.2. The lowest BCUT2D eigenvalue weighted by Gasteiger charge is -2.34. The Bertz CT molecular complexity index is 511. The molecule has 1 aliphatic heterocycles. The maximum absolute atomic E-state index is 12.1. The molecule has 1 aromatic rings. The van der Waals surface area contributed by atoms with Gasteiger partial charge in [0.2, 0.25) is 0 Å². The van der Waals surface area contributed by atoms with Crippen LogP contribution >= 0.6 is 0 Å². The molecule has 0 radical (unpaired) electrons. The number of rotatable bonds is 3. The molecule has 1 unspecified atom stereocenters. The topological polar surface area (TPSA) is 54.5 Å². The molecule has 0 aromatic carbocycles. The number of nitrogens with one attached hydrogen (secondary N) is 1. The number of ether oxygens (including phenoxy) is 1. The van der Waals surface area contributed by atoms with Crippen LogP contribution in [0.25, 0.3) is 0 Å². The molecule has 22 heavy (non-hydrogen) atoms. The number of aromatic nitrogens is 1. The zero-order valence-corrected chi connectivity index (χ0v) is 14.1. The van der Waals surface area contributed by atoms with E-state index in [9.17, 15) is 4.79 Å². The zero-order valence-electron chi connectivity index (χ0n) is 14.1. The van der Waals surface area contributed by atoms with Gasteiger partial charge < -0.3 is 15.0 Å². The van der Waals surface area contributed by atoms with Gasteiger partial charge in [-0.3, -0.25) is 4.98 Å². The number of pyridine rings is 1. The first-order chi connectivity index (χ1) is 10.3. The number of piperidine rings is 1. The Balaban J connectivity index is 1.84. The van der Waals surface area contributed by atoms with Gasteiger partial charge in [0.15, 0.2) is 0 Å². The first-order valence-electron chi connectivity index (χ1n) is 7.96. The van der Waals surface area contributed by atoms with Crippen molar-refractivity contribution in [1.82, 2.24) is 15.2 Å². The number of hydrogen-bond donors (Lipinski definition) is 1. The summed E-state index contributed by atoms with van der Waals surface area (Å²) in [5.74, 6) is 0. The normalized spacial score (nSPS) is 19.1. The zero-order chi connectivity index (χ0) is 16.2. The Morgan fingerprint density at radius 3 is 2.95 bits per heavy atom.